The Labute approximate surface area is 104 Å². The van der Waals surface area contributed by atoms with Crippen molar-refractivity contribution in [3.05, 3.63) is 23.3 Å². The van der Waals surface area contributed by atoms with Crippen molar-refractivity contribution in [3.63, 3.8) is 0 Å². The van der Waals surface area contributed by atoms with Crippen molar-refractivity contribution < 1.29 is 24.9 Å². The number of phenols is 1. The van der Waals surface area contributed by atoms with Crippen LogP contribution in [0.15, 0.2) is 12.1 Å². The van der Waals surface area contributed by atoms with E-state index in [2.05, 4.69) is 0 Å². The van der Waals surface area contributed by atoms with E-state index < -0.39 is 18.0 Å². The summed E-state index contributed by atoms with van der Waals surface area (Å²) in [6.45, 7) is 1.94. The number of benzene rings is 1. The summed E-state index contributed by atoms with van der Waals surface area (Å²) in [4.78, 5) is 10.7. The smallest absolute Gasteiger partial charge is 0.170 e. The third-order valence-corrected chi connectivity index (χ3v) is 2.31. The van der Waals surface area contributed by atoms with Crippen molar-refractivity contribution in [2.24, 2.45) is 0 Å². The Kier molecular flexibility index (Phi) is 4.66. The molecule has 1 aromatic rings. The summed E-state index contributed by atoms with van der Waals surface area (Å²) in [6.07, 6.45) is -2.81. The Morgan fingerprint density at radius 3 is 2.67 bits per heavy atom. The van der Waals surface area contributed by atoms with Gasteiger partial charge >= 0.3 is 0 Å². The Bertz CT molecular complexity index is 480. The van der Waals surface area contributed by atoms with E-state index in [1.807, 2.05) is 0 Å². The van der Waals surface area contributed by atoms with Crippen LogP contribution in [-0.2, 0) is 0 Å². The van der Waals surface area contributed by atoms with E-state index in [9.17, 15) is 20.1 Å². The lowest BCUT2D eigenvalue weighted by atomic mass is 10.0. The van der Waals surface area contributed by atoms with Gasteiger partial charge in [0.1, 0.15) is 12.4 Å². The molecular formula is C12H13NO5. The van der Waals surface area contributed by atoms with Gasteiger partial charge in [-0.1, -0.05) is 0 Å². The molecular weight excluding hydrogens is 238 g/mol. The maximum absolute atomic E-state index is 10.7. The topological polar surface area (TPSA) is 111 Å². The number of nitriles is 1. The number of aliphatic hydroxyl groups is 2. The molecule has 2 unspecified atom stereocenters. The minimum atomic E-state index is -1.70. The molecule has 0 saturated carbocycles. The lowest BCUT2D eigenvalue weighted by Gasteiger charge is -2.16. The highest BCUT2D eigenvalue weighted by Gasteiger charge is 2.24. The maximum atomic E-state index is 10.7. The fourth-order valence-electron chi connectivity index (χ4n) is 1.45. The van der Waals surface area contributed by atoms with Gasteiger partial charge < -0.3 is 20.1 Å². The molecule has 18 heavy (non-hydrogen) atoms. The zero-order chi connectivity index (χ0) is 13.7. The van der Waals surface area contributed by atoms with Crippen LogP contribution < -0.4 is 4.74 Å². The SMILES string of the molecule is CCOc1cc(C=O)cc(C(O)C(O)C#N)c1O. The number of ether oxygens (including phenoxy) is 1. The van der Waals surface area contributed by atoms with Crippen LogP contribution in [0.3, 0.4) is 0 Å². The van der Waals surface area contributed by atoms with Crippen LogP contribution in [0.2, 0.25) is 0 Å². The van der Waals surface area contributed by atoms with E-state index in [-0.39, 0.29) is 23.5 Å². The van der Waals surface area contributed by atoms with E-state index in [0.29, 0.717) is 6.29 Å². The van der Waals surface area contributed by atoms with Crippen LogP contribution in [0.4, 0.5) is 0 Å². The lowest BCUT2D eigenvalue weighted by molar-refractivity contribution is 0.0508. The van der Waals surface area contributed by atoms with Gasteiger partial charge in [0.25, 0.3) is 0 Å². The van der Waals surface area contributed by atoms with Crippen LogP contribution in [-0.4, -0.2) is 34.3 Å². The number of carbonyl (C=O) groups is 1. The highest BCUT2D eigenvalue weighted by atomic mass is 16.5. The summed E-state index contributed by atoms with van der Waals surface area (Å²) in [7, 11) is 0. The molecule has 0 spiro atoms. The number of nitrogens with zero attached hydrogens (tertiary/aromatic N) is 1. The van der Waals surface area contributed by atoms with Gasteiger partial charge in [0.05, 0.1) is 12.7 Å². The lowest BCUT2D eigenvalue weighted by Crippen LogP contribution is -2.16. The first-order valence-corrected chi connectivity index (χ1v) is 5.25. The highest BCUT2D eigenvalue weighted by Crippen LogP contribution is 2.36. The Balaban J connectivity index is 3.29. The molecule has 0 fully saturated rings. The molecule has 0 aliphatic heterocycles. The van der Waals surface area contributed by atoms with Crippen LogP contribution in [0, 0.1) is 11.3 Å². The zero-order valence-electron chi connectivity index (χ0n) is 9.70. The highest BCUT2D eigenvalue weighted by molar-refractivity contribution is 5.77. The predicted molar refractivity (Wildman–Crippen MR) is 61.2 cm³/mol. The number of aromatic hydroxyl groups is 1. The third kappa shape index (κ3) is 2.77. The molecule has 0 heterocycles. The third-order valence-electron chi connectivity index (χ3n) is 2.31. The maximum Gasteiger partial charge on any atom is 0.170 e. The number of phenolic OH excluding ortho intramolecular Hbond substituents is 1. The summed E-state index contributed by atoms with van der Waals surface area (Å²) in [6, 6.07) is 3.94. The Morgan fingerprint density at radius 2 is 2.17 bits per heavy atom. The van der Waals surface area contributed by atoms with E-state index in [4.69, 9.17) is 10.00 Å². The fourth-order valence-corrected chi connectivity index (χ4v) is 1.45. The molecule has 0 bridgehead atoms. The van der Waals surface area contributed by atoms with Crippen molar-refractivity contribution in [3.8, 4) is 17.6 Å². The number of rotatable bonds is 5. The molecule has 3 N–H and O–H groups in total. The molecule has 0 saturated heterocycles. The van der Waals surface area contributed by atoms with Gasteiger partial charge in [-0.25, -0.2) is 0 Å². The fraction of sp³-hybridized carbons (Fsp3) is 0.333. The Morgan fingerprint density at radius 1 is 1.50 bits per heavy atom. The minimum absolute atomic E-state index is 0.0151. The predicted octanol–water partition coefficient (Wildman–Crippen LogP) is 0.521. The summed E-state index contributed by atoms with van der Waals surface area (Å²) in [5, 5.41) is 37.3. The molecule has 0 aliphatic carbocycles. The van der Waals surface area contributed by atoms with Crippen molar-refractivity contribution in [1.82, 2.24) is 0 Å². The first-order chi connectivity index (χ1) is 8.54. The first-order valence-electron chi connectivity index (χ1n) is 5.25. The zero-order valence-corrected chi connectivity index (χ0v) is 9.70. The largest absolute Gasteiger partial charge is 0.504 e. The second-order valence-electron chi connectivity index (χ2n) is 3.53. The summed E-state index contributed by atoms with van der Waals surface area (Å²) < 4.78 is 5.10. The van der Waals surface area contributed by atoms with Gasteiger partial charge in [-0.05, 0) is 19.1 Å². The molecule has 1 rings (SSSR count). The van der Waals surface area contributed by atoms with Crippen LogP contribution in [0.25, 0.3) is 0 Å². The van der Waals surface area contributed by atoms with Gasteiger partial charge in [0.15, 0.2) is 17.6 Å². The number of hydrogen-bond donors (Lipinski definition) is 3. The average Bonchev–Trinajstić information content (AvgIpc) is 2.39. The Hall–Kier alpha value is -2.10. The quantitative estimate of drug-likeness (QED) is 0.519. The average molecular weight is 251 g/mol. The van der Waals surface area contributed by atoms with Gasteiger partial charge in [-0.2, -0.15) is 5.26 Å². The normalized spacial score (nSPS) is 13.4. The monoisotopic (exact) mass is 251 g/mol. The van der Waals surface area contributed by atoms with Gasteiger partial charge in [0.2, 0.25) is 0 Å². The molecule has 6 nitrogen and oxygen atoms in total. The molecule has 2 atom stereocenters. The molecule has 0 amide bonds. The summed E-state index contributed by atoms with van der Waals surface area (Å²) in [5.74, 6) is -0.384. The van der Waals surface area contributed by atoms with E-state index in [0.717, 1.165) is 0 Å². The van der Waals surface area contributed by atoms with Gasteiger partial charge in [-0.3, -0.25) is 4.79 Å². The number of aldehydes is 1. The van der Waals surface area contributed by atoms with Crippen molar-refractivity contribution in [1.29, 1.82) is 5.26 Å². The molecule has 0 aromatic heterocycles. The molecule has 96 valence electrons. The standard InChI is InChI=1S/C12H13NO5/c1-2-18-10-4-7(6-14)3-8(12(10)17)11(16)9(15)5-13/h3-4,6,9,11,15-17H,2H2,1H3. The van der Waals surface area contributed by atoms with Crippen molar-refractivity contribution in [2.75, 3.05) is 6.61 Å². The second-order valence-corrected chi connectivity index (χ2v) is 3.53. The van der Waals surface area contributed by atoms with E-state index in [1.54, 1.807) is 6.92 Å². The molecule has 1 aromatic carbocycles. The van der Waals surface area contributed by atoms with Crippen LogP contribution in [0.1, 0.15) is 28.9 Å². The second kappa shape index (κ2) is 6.00. The number of aliphatic hydroxyl groups excluding tert-OH is 2. The van der Waals surface area contributed by atoms with Gasteiger partial charge in [-0.15, -0.1) is 0 Å². The van der Waals surface area contributed by atoms with E-state index >= 15 is 0 Å². The molecule has 6 heteroatoms. The summed E-state index contributed by atoms with van der Waals surface area (Å²) >= 11 is 0. The molecule has 0 aliphatic rings. The number of hydrogen-bond acceptors (Lipinski definition) is 6. The van der Waals surface area contributed by atoms with Crippen molar-refractivity contribution >= 4 is 6.29 Å². The summed E-state index contributed by atoms with van der Waals surface area (Å²) in [5.41, 5.74) is 0.0348. The van der Waals surface area contributed by atoms with Crippen LogP contribution in [0.5, 0.6) is 11.5 Å². The van der Waals surface area contributed by atoms with Crippen LogP contribution >= 0.6 is 0 Å². The minimum Gasteiger partial charge on any atom is -0.504 e. The number of carbonyl (C=O) groups excluding carboxylic acids is 1. The van der Waals surface area contributed by atoms with Crippen molar-refractivity contribution in [2.45, 2.75) is 19.1 Å². The first kappa shape index (κ1) is 14.0. The molecule has 0 radical (unpaired) electrons. The van der Waals surface area contributed by atoms with Gasteiger partial charge in [0, 0.05) is 11.1 Å². The van der Waals surface area contributed by atoms with E-state index in [1.165, 1.54) is 18.2 Å².